The molecule has 0 bridgehead atoms. The van der Waals surface area contributed by atoms with Gasteiger partial charge in [-0.25, -0.2) is 4.98 Å². The lowest BCUT2D eigenvalue weighted by Crippen LogP contribution is -2.36. The molecule has 0 saturated carbocycles. The molecule has 2 N–H and O–H groups in total. The number of imidazole rings is 1. The Balaban J connectivity index is 1.55. The normalized spacial score (nSPS) is 17.5. The number of H-pyrrole nitrogens is 2. The lowest BCUT2D eigenvalue weighted by atomic mass is 10.0. The monoisotopic (exact) mass is 362 g/mol. The number of aromatic amines is 2. The average molecular weight is 362 g/mol. The van der Waals surface area contributed by atoms with Gasteiger partial charge < -0.3 is 9.97 Å². The SMILES string of the molecule is O=c1[nH]c2ccccc2cc1CN1CCc2[nH]cnc2[C@H]1c1cccs1. The zero-order chi connectivity index (χ0) is 17.5. The minimum atomic E-state index is -0.0125. The second kappa shape index (κ2) is 6.23. The molecule has 0 fully saturated rings. The minimum Gasteiger partial charge on any atom is -0.348 e. The van der Waals surface area contributed by atoms with Gasteiger partial charge in [0.05, 0.1) is 18.1 Å². The van der Waals surface area contributed by atoms with Gasteiger partial charge in [-0.05, 0) is 29.0 Å². The van der Waals surface area contributed by atoms with E-state index in [4.69, 9.17) is 0 Å². The van der Waals surface area contributed by atoms with Crippen molar-refractivity contribution in [2.24, 2.45) is 0 Å². The number of benzene rings is 1. The van der Waals surface area contributed by atoms with E-state index in [1.165, 1.54) is 10.6 Å². The fourth-order valence-electron chi connectivity index (χ4n) is 3.79. The number of thiophene rings is 1. The van der Waals surface area contributed by atoms with E-state index in [-0.39, 0.29) is 11.6 Å². The van der Waals surface area contributed by atoms with E-state index in [0.29, 0.717) is 6.54 Å². The number of aromatic nitrogens is 3. The van der Waals surface area contributed by atoms with Crippen molar-refractivity contribution < 1.29 is 0 Å². The van der Waals surface area contributed by atoms with Crippen molar-refractivity contribution in [2.75, 3.05) is 6.54 Å². The summed E-state index contributed by atoms with van der Waals surface area (Å²) in [7, 11) is 0. The van der Waals surface area contributed by atoms with Crippen molar-refractivity contribution in [3.63, 3.8) is 0 Å². The summed E-state index contributed by atoms with van der Waals surface area (Å²) in [6.45, 7) is 1.50. The maximum absolute atomic E-state index is 12.6. The first-order chi connectivity index (χ1) is 12.8. The Morgan fingerprint density at radius 3 is 3.04 bits per heavy atom. The molecule has 3 aromatic heterocycles. The molecular weight excluding hydrogens is 344 g/mol. The van der Waals surface area contributed by atoms with Gasteiger partial charge in [0.15, 0.2) is 0 Å². The van der Waals surface area contributed by atoms with E-state index >= 15 is 0 Å². The van der Waals surface area contributed by atoms with Gasteiger partial charge in [0.1, 0.15) is 0 Å². The van der Waals surface area contributed by atoms with Crippen LogP contribution in [0, 0.1) is 0 Å². The van der Waals surface area contributed by atoms with Crippen LogP contribution in [0.25, 0.3) is 10.9 Å². The van der Waals surface area contributed by atoms with Crippen LogP contribution in [-0.2, 0) is 13.0 Å². The zero-order valence-electron chi connectivity index (χ0n) is 14.1. The van der Waals surface area contributed by atoms with Crippen molar-refractivity contribution in [2.45, 2.75) is 19.0 Å². The smallest absolute Gasteiger partial charge is 0.252 e. The second-order valence-electron chi connectivity index (χ2n) is 6.62. The van der Waals surface area contributed by atoms with Crippen molar-refractivity contribution in [1.29, 1.82) is 0 Å². The molecule has 0 spiro atoms. The average Bonchev–Trinajstić information content (AvgIpc) is 3.33. The number of nitrogens with zero attached hydrogens (tertiary/aromatic N) is 2. The maximum atomic E-state index is 12.6. The van der Waals surface area contributed by atoms with Crippen molar-refractivity contribution in [1.82, 2.24) is 19.9 Å². The van der Waals surface area contributed by atoms with Crippen LogP contribution in [-0.4, -0.2) is 26.4 Å². The Morgan fingerprint density at radius 2 is 2.15 bits per heavy atom. The van der Waals surface area contributed by atoms with Crippen LogP contribution in [0.2, 0.25) is 0 Å². The van der Waals surface area contributed by atoms with Crippen molar-refractivity contribution in [3.05, 3.63) is 86.4 Å². The Labute approximate surface area is 154 Å². The predicted octanol–water partition coefficient (Wildman–Crippen LogP) is 3.46. The molecule has 1 aliphatic heterocycles. The number of hydrogen-bond donors (Lipinski definition) is 2. The summed E-state index contributed by atoms with van der Waals surface area (Å²) in [6, 6.07) is 14.2. The third-order valence-electron chi connectivity index (χ3n) is 5.04. The number of pyridine rings is 1. The fraction of sp³-hybridized carbons (Fsp3) is 0.200. The summed E-state index contributed by atoms with van der Waals surface area (Å²) in [5, 5.41) is 3.16. The molecule has 6 heteroatoms. The van der Waals surface area contributed by atoms with Gasteiger partial charge in [0.2, 0.25) is 0 Å². The Morgan fingerprint density at radius 1 is 1.23 bits per heavy atom. The number of hydrogen-bond acceptors (Lipinski definition) is 4. The molecule has 1 aliphatic rings. The third-order valence-corrected chi connectivity index (χ3v) is 5.97. The molecule has 0 radical (unpaired) electrons. The molecule has 130 valence electrons. The summed E-state index contributed by atoms with van der Waals surface area (Å²) in [5.74, 6) is 0. The van der Waals surface area contributed by atoms with E-state index in [1.807, 2.05) is 30.3 Å². The first kappa shape index (κ1) is 15.5. The highest BCUT2D eigenvalue weighted by Gasteiger charge is 2.32. The lowest BCUT2D eigenvalue weighted by molar-refractivity contribution is 0.202. The molecule has 0 saturated heterocycles. The Kier molecular flexibility index (Phi) is 3.72. The van der Waals surface area contributed by atoms with E-state index in [9.17, 15) is 4.79 Å². The molecule has 1 atom stereocenters. The van der Waals surface area contributed by atoms with Crippen LogP contribution in [0.4, 0.5) is 0 Å². The highest BCUT2D eigenvalue weighted by molar-refractivity contribution is 7.10. The first-order valence-corrected chi connectivity index (χ1v) is 9.58. The summed E-state index contributed by atoms with van der Waals surface area (Å²) in [4.78, 5) is 27.1. The number of para-hydroxylation sites is 1. The summed E-state index contributed by atoms with van der Waals surface area (Å²) in [6.07, 6.45) is 2.69. The number of fused-ring (bicyclic) bond motifs is 2. The predicted molar refractivity (Wildman–Crippen MR) is 103 cm³/mol. The number of nitrogens with one attached hydrogen (secondary N) is 2. The second-order valence-corrected chi connectivity index (χ2v) is 7.59. The molecule has 0 amide bonds. The molecule has 5 rings (SSSR count). The minimum absolute atomic E-state index is 0.0125. The molecule has 26 heavy (non-hydrogen) atoms. The third kappa shape index (κ3) is 2.58. The Hall–Kier alpha value is -2.70. The van der Waals surface area contributed by atoms with Gasteiger partial charge >= 0.3 is 0 Å². The molecule has 5 nitrogen and oxygen atoms in total. The van der Waals surface area contributed by atoms with Crippen molar-refractivity contribution in [3.8, 4) is 0 Å². The summed E-state index contributed by atoms with van der Waals surface area (Å²) in [5.41, 5.74) is 3.94. The van der Waals surface area contributed by atoms with Crippen molar-refractivity contribution >= 4 is 22.2 Å². The highest BCUT2D eigenvalue weighted by Crippen LogP contribution is 2.36. The molecule has 0 aliphatic carbocycles. The summed E-state index contributed by atoms with van der Waals surface area (Å²) >= 11 is 1.74. The van der Waals surface area contributed by atoms with Gasteiger partial charge in [-0.3, -0.25) is 9.69 Å². The van der Waals surface area contributed by atoms with Gasteiger partial charge in [0.25, 0.3) is 5.56 Å². The zero-order valence-corrected chi connectivity index (χ0v) is 14.9. The van der Waals surface area contributed by atoms with Gasteiger partial charge in [0, 0.05) is 41.2 Å². The van der Waals surface area contributed by atoms with Crippen LogP contribution in [0.15, 0.2) is 59.0 Å². The fourth-order valence-corrected chi connectivity index (χ4v) is 4.65. The molecular formula is C20H18N4OS. The van der Waals surface area contributed by atoms with E-state index < -0.39 is 0 Å². The molecule has 0 unspecified atom stereocenters. The summed E-state index contributed by atoms with van der Waals surface area (Å²) < 4.78 is 0. The topological polar surface area (TPSA) is 64.8 Å². The highest BCUT2D eigenvalue weighted by atomic mass is 32.1. The number of rotatable bonds is 3. The van der Waals surface area contributed by atoms with Gasteiger partial charge in [-0.1, -0.05) is 24.3 Å². The van der Waals surface area contributed by atoms with Crippen LogP contribution in [0.3, 0.4) is 0 Å². The first-order valence-electron chi connectivity index (χ1n) is 8.70. The van der Waals surface area contributed by atoms with Gasteiger partial charge in [-0.15, -0.1) is 11.3 Å². The van der Waals surface area contributed by atoms with E-state index in [1.54, 1.807) is 17.7 Å². The molecule has 4 heterocycles. The quantitative estimate of drug-likeness (QED) is 0.587. The standard InChI is InChI=1S/C20H18N4OS/c25-20-14(10-13-4-1-2-5-15(13)23-20)11-24-8-7-16-18(22-12-21-16)19(24)17-6-3-9-26-17/h1-6,9-10,12,19H,7-8,11H2,(H,21,22)(H,23,25)/t19-/m1/s1. The van der Waals surface area contributed by atoms with Crippen LogP contribution in [0.1, 0.15) is 27.9 Å². The van der Waals surface area contributed by atoms with Crippen LogP contribution in [0.5, 0.6) is 0 Å². The Bertz CT molecular complexity index is 1110. The maximum Gasteiger partial charge on any atom is 0.252 e. The van der Waals surface area contributed by atoms with Crippen LogP contribution < -0.4 is 5.56 Å². The molecule has 4 aromatic rings. The van der Waals surface area contributed by atoms with Crippen LogP contribution >= 0.6 is 11.3 Å². The van der Waals surface area contributed by atoms with E-state index in [2.05, 4.69) is 37.4 Å². The molecule has 1 aromatic carbocycles. The van der Waals surface area contributed by atoms with E-state index in [0.717, 1.165) is 35.1 Å². The van der Waals surface area contributed by atoms with Gasteiger partial charge in [-0.2, -0.15) is 0 Å². The largest absolute Gasteiger partial charge is 0.348 e. The lowest BCUT2D eigenvalue weighted by Gasteiger charge is -2.34.